The van der Waals surface area contributed by atoms with Crippen LogP contribution in [0.25, 0.3) is 0 Å². The lowest BCUT2D eigenvalue weighted by Gasteiger charge is -2.14. The lowest BCUT2D eigenvalue weighted by molar-refractivity contribution is -0.150. The lowest BCUT2D eigenvalue weighted by atomic mass is 10.1. The van der Waals surface area contributed by atoms with Gasteiger partial charge in [0.2, 0.25) is 0 Å². The summed E-state index contributed by atoms with van der Waals surface area (Å²) >= 11 is 0. The number of nitrogens with two attached hydrogens (primary N) is 1. The third-order valence-electron chi connectivity index (χ3n) is 1.76. The fraction of sp³-hybridized carbons (Fsp3) is 0.750. The van der Waals surface area contributed by atoms with Crippen molar-refractivity contribution in [1.29, 1.82) is 0 Å². The van der Waals surface area contributed by atoms with E-state index in [1.807, 2.05) is 0 Å². The molecule has 0 unspecified atom stereocenters. The van der Waals surface area contributed by atoms with Crippen LogP contribution in [0.1, 0.15) is 19.3 Å². The van der Waals surface area contributed by atoms with Crippen LogP contribution in [0.4, 0.5) is 0 Å². The molecule has 0 radical (unpaired) electrons. The van der Waals surface area contributed by atoms with E-state index in [1.54, 1.807) is 0 Å². The molecule has 6 heteroatoms. The van der Waals surface area contributed by atoms with Gasteiger partial charge in [-0.1, -0.05) is 6.42 Å². The van der Waals surface area contributed by atoms with E-state index in [0.717, 1.165) is 12.8 Å². The van der Waals surface area contributed by atoms with E-state index >= 15 is 0 Å². The van der Waals surface area contributed by atoms with Crippen molar-refractivity contribution in [3.8, 4) is 0 Å². The van der Waals surface area contributed by atoms with Gasteiger partial charge in [0.1, 0.15) is 0 Å². The highest BCUT2D eigenvalue weighted by Gasteiger charge is 2.16. The zero-order valence-corrected chi connectivity index (χ0v) is 7.90. The molecule has 82 valence electrons. The summed E-state index contributed by atoms with van der Waals surface area (Å²) in [6.45, 7) is 0.286. The predicted molar refractivity (Wildman–Crippen MR) is 49.6 cm³/mol. The molecule has 0 spiro atoms. The minimum absolute atomic E-state index is 0.260. The van der Waals surface area contributed by atoms with Crippen LogP contribution in [0, 0.1) is 0 Å². The fourth-order valence-corrected chi connectivity index (χ4v) is 0.991. The Kier molecular flexibility index (Phi) is 6.69. The summed E-state index contributed by atoms with van der Waals surface area (Å²) in [4.78, 5) is 20.9. The Morgan fingerprint density at radius 3 is 2.43 bits per heavy atom. The van der Waals surface area contributed by atoms with E-state index in [1.165, 1.54) is 0 Å². The lowest BCUT2D eigenvalue weighted by Crippen LogP contribution is -2.41. The van der Waals surface area contributed by atoms with Crippen molar-refractivity contribution in [3.63, 3.8) is 0 Å². The van der Waals surface area contributed by atoms with Crippen LogP contribution in [0.2, 0.25) is 0 Å². The maximum atomic E-state index is 10.7. The van der Waals surface area contributed by atoms with Gasteiger partial charge in [0.05, 0.1) is 12.6 Å². The number of carboxylic acid groups (broad SMARTS) is 1. The Hall–Kier alpha value is -1.14. The van der Waals surface area contributed by atoms with E-state index < -0.39 is 17.9 Å². The third kappa shape index (κ3) is 5.50. The van der Waals surface area contributed by atoms with Gasteiger partial charge >= 0.3 is 11.9 Å². The molecule has 0 heterocycles. The van der Waals surface area contributed by atoms with Gasteiger partial charge in [-0.25, -0.2) is 4.79 Å². The predicted octanol–water partition coefficient (Wildman–Crippen LogP) is -1.32. The zero-order valence-electron chi connectivity index (χ0n) is 7.90. The van der Waals surface area contributed by atoms with Crippen molar-refractivity contribution >= 4 is 11.9 Å². The van der Waals surface area contributed by atoms with Crippen molar-refractivity contribution in [2.24, 2.45) is 5.73 Å². The first kappa shape index (κ1) is 12.9. The average Bonchev–Trinajstić information content (AvgIpc) is 2.16. The largest absolute Gasteiger partial charge is 0.474 e. The topological polar surface area (TPSA) is 113 Å². The highest BCUT2D eigenvalue weighted by atomic mass is 16.4. The number of carbonyl (C=O) groups excluding carboxylic acids is 1. The number of aliphatic carboxylic acids is 1. The Bertz CT molecular complexity index is 196. The first-order valence-corrected chi connectivity index (χ1v) is 4.46. The molecule has 0 rings (SSSR count). The van der Waals surface area contributed by atoms with Crippen LogP contribution < -0.4 is 11.1 Å². The number of hydrogen-bond acceptors (Lipinski definition) is 4. The van der Waals surface area contributed by atoms with Crippen molar-refractivity contribution in [2.75, 3.05) is 13.2 Å². The van der Waals surface area contributed by atoms with Crippen molar-refractivity contribution in [2.45, 2.75) is 25.3 Å². The number of aliphatic hydroxyl groups is 1. The van der Waals surface area contributed by atoms with E-state index in [2.05, 4.69) is 5.32 Å². The standard InChI is InChI=1S/C8H16N2O4/c9-4-2-1-3-6(5-11)10-7(12)8(13)14/h6,11H,1-5,9H2,(H,10,12)(H,13,14)/t6-/m0/s1. The highest BCUT2D eigenvalue weighted by Crippen LogP contribution is 1.99. The van der Waals surface area contributed by atoms with Gasteiger partial charge in [0.15, 0.2) is 0 Å². The SMILES string of the molecule is NCCCC[C@@H](CO)NC(=O)C(=O)O. The number of hydrogen-bond donors (Lipinski definition) is 4. The summed E-state index contributed by atoms with van der Waals surface area (Å²) in [5.74, 6) is -2.63. The summed E-state index contributed by atoms with van der Waals surface area (Å²) in [7, 11) is 0. The second kappa shape index (κ2) is 7.28. The normalized spacial score (nSPS) is 12.1. The Balaban J connectivity index is 3.78. The second-order valence-electron chi connectivity index (χ2n) is 2.94. The van der Waals surface area contributed by atoms with E-state index in [9.17, 15) is 9.59 Å². The van der Waals surface area contributed by atoms with Crippen molar-refractivity contribution in [1.82, 2.24) is 5.32 Å². The molecule has 0 saturated carbocycles. The molecule has 0 aliphatic rings. The van der Waals surface area contributed by atoms with Gasteiger partial charge in [0, 0.05) is 0 Å². The van der Waals surface area contributed by atoms with E-state index in [4.69, 9.17) is 15.9 Å². The van der Waals surface area contributed by atoms with Gasteiger partial charge in [-0.2, -0.15) is 0 Å². The molecule has 0 aliphatic heterocycles. The fourth-order valence-electron chi connectivity index (χ4n) is 0.991. The summed E-state index contributed by atoms with van der Waals surface area (Å²) < 4.78 is 0. The molecule has 0 aromatic rings. The molecule has 0 bridgehead atoms. The number of carbonyl (C=O) groups is 2. The Morgan fingerprint density at radius 1 is 1.36 bits per heavy atom. The molecular formula is C8H16N2O4. The summed E-state index contributed by atoms with van der Waals surface area (Å²) in [6.07, 6.45) is 2.08. The molecule has 0 aromatic heterocycles. The first-order valence-electron chi connectivity index (χ1n) is 4.46. The molecule has 0 saturated heterocycles. The van der Waals surface area contributed by atoms with Crippen LogP contribution in [0.3, 0.4) is 0 Å². The summed E-state index contributed by atoms with van der Waals surface area (Å²) in [5, 5.41) is 19.3. The monoisotopic (exact) mass is 204 g/mol. The van der Waals surface area contributed by atoms with Crippen LogP contribution in [-0.2, 0) is 9.59 Å². The summed E-state index contributed by atoms with van der Waals surface area (Å²) in [5.41, 5.74) is 5.26. The highest BCUT2D eigenvalue weighted by molar-refractivity contribution is 6.31. The molecule has 5 N–H and O–H groups in total. The van der Waals surface area contributed by atoms with Gasteiger partial charge in [-0.05, 0) is 19.4 Å². The second-order valence-corrected chi connectivity index (χ2v) is 2.94. The van der Waals surface area contributed by atoms with Crippen LogP contribution in [-0.4, -0.2) is 41.3 Å². The van der Waals surface area contributed by atoms with Gasteiger partial charge in [-0.15, -0.1) is 0 Å². The Morgan fingerprint density at radius 2 is 2.00 bits per heavy atom. The van der Waals surface area contributed by atoms with E-state index in [-0.39, 0.29) is 6.61 Å². The van der Waals surface area contributed by atoms with E-state index in [0.29, 0.717) is 13.0 Å². The van der Waals surface area contributed by atoms with Gasteiger partial charge < -0.3 is 21.3 Å². The minimum Gasteiger partial charge on any atom is -0.474 e. The molecule has 0 fully saturated rings. The van der Waals surface area contributed by atoms with Crippen molar-refractivity contribution in [3.05, 3.63) is 0 Å². The molecule has 0 aliphatic carbocycles. The maximum absolute atomic E-state index is 10.7. The van der Waals surface area contributed by atoms with Crippen LogP contribution in [0.15, 0.2) is 0 Å². The number of aliphatic hydroxyl groups excluding tert-OH is 1. The van der Waals surface area contributed by atoms with Gasteiger partial charge in [-0.3, -0.25) is 4.79 Å². The molecule has 0 aromatic carbocycles. The molecule has 14 heavy (non-hydrogen) atoms. The Labute approximate surface area is 82.1 Å². The van der Waals surface area contributed by atoms with Crippen LogP contribution >= 0.6 is 0 Å². The third-order valence-corrected chi connectivity index (χ3v) is 1.76. The molecule has 1 atom stereocenters. The van der Waals surface area contributed by atoms with Crippen molar-refractivity contribution < 1.29 is 19.8 Å². The first-order chi connectivity index (χ1) is 6.61. The average molecular weight is 204 g/mol. The minimum atomic E-state index is -1.54. The number of unbranched alkanes of at least 4 members (excludes halogenated alkanes) is 1. The quantitative estimate of drug-likeness (QED) is 0.316. The number of carboxylic acids is 1. The number of rotatable bonds is 6. The molecular weight excluding hydrogens is 188 g/mol. The number of nitrogens with one attached hydrogen (secondary N) is 1. The molecule has 6 nitrogen and oxygen atoms in total. The zero-order chi connectivity index (χ0) is 11.0. The maximum Gasteiger partial charge on any atom is 0.394 e. The number of amides is 1. The molecule has 1 amide bonds. The van der Waals surface area contributed by atoms with Crippen LogP contribution in [0.5, 0.6) is 0 Å². The smallest absolute Gasteiger partial charge is 0.394 e. The summed E-state index contributed by atoms with van der Waals surface area (Å²) in [6, 6.07) is -0.495. The van der Waals surface area contributed by atoms with Gasteiger partial charge in [0.25, 0.3) is 0 Å².